The van der Waals surface area contributed by atoms with Gasteiger partial charge in [0.1, 0.15) is 5.54 Å². The lowest BCUT2D eigenvalue weighted by Crippen LogP contribution is -2.56. The number of rotatable bonds is 2. The van der Waals surface area contributed by atoms with E-state index in [1.807, 2.05) is 6.07 Å². The standard InChI is InChI=1S/C22H25N3O/c26-21-22(25(16-23-21)18-7-2-1-3-8-18)12-14-24(15-13-22)20-11-10-17-6-4-5-9-19(17)20/h1-9,20H,10-16H2,(H,23,26)/t20-/m1/s1. The maximum absolute atomic E-state index is 12.8. The molecule has 4 nitrogen and oxygen atoms in total. The minimum atomic E-state index is -0.379. The number of nitrogens with one attached hydrogen (secondary N) is 1. The largest absolute Gasteiger partial charge is 0.339 e. The smallest absolute Gasteiger partial charge is 0.247 e. The van der Waals surface area contributed by atoms with Gasteiger partial charge in [-0.15, -0.1) is 0 Å². The van der Waals surface area contributed by atoms with Crippen molar-refractivity contribution < 1.29 is 4.79 Å². The fourth-order valence-electron chi connectivity index (χ4n) is 5.15. The molecule has 134 valence electrons. The predicted molar refractivity (Wildman–Crippen MR) is 103 cm³/mol. The van der Waals surface area contributed by atoms with Crippen LogP contribution in [0.25, 0.3) is 0 Å². The van der Waals surface area contributed by atoms with Crippen LogP contribution < -0.4 is 10.2 Å². The minimum Gasteiger partial charge on any atom is -0.339 e. The van der Waals surface area contributed by atoms with Crippen LogP contribution in [0.1, 0.15) is 36.4 Å². The van der Waals surface area contributed by atoms with Gasteiger partial charge in [-0.25, -0.2) is 0 Å². The second-order valence-corrected chi connectivity index (χ2v) is 7.75. The first-order chi connectivity index (χ1) is 12.8. The van der Waals surface area contributed by atoms with E-state index >= 15 is 0 Å². The number of benzene rings is 2. The van der Waals surface area contributed by atoms with Crippen molar-refractivity contribution in [3.63, 3.8) is 0 Å². The van der Waals surface area contributed by atoms with Crippen molar-refractivity contribution in [1.82, 2.24) is 10.2 Å². The second kappa shape index (κ2) is 6.13. The summed E-state index contributed by atoms with van der Waals surface area (Å²) in [7, 11) is 0. The van der Waals surface area contributed by atoms with E-state index in [0.717, 1.165) is 31.6 Å². The van der Waals surface area contributed by atoms with Gasteiger partial charge in [-0.3, -0.25) is 9.69 Å². The summed E-state index contributed by atoms with van der Waals surface area (Å²) in [6.07, 6.45) is 4.18. The van der Waals surface area contributed by atoms with E-state index in [9.17, 15) is 4.79 Å². The highest BCUT2D eigenvalue weighted by Gasteiger charge is 2.51. The van der Waals surface area contributed by atoms with Crippen LogP contribution in [-0.4, -0.2) is 36.1 Å². The van der Waals surface area contributed by atoms with Crippen molar-refractivity contribution in [2.45, 2.75) is 37.3 Å². The Morgan fingerprint density at radius 2 is 1.69 bits per heavy atom. The van der Waals surface area contributed by atoms with Gasteiger partial charge in [0.15, 0.2) is 0 Å². The number of carbonyl (C=O) groups excluding carboxylic acids is 1. The zero-order chi connectivity index (χ0) is 17.6. The Bertz CT molecular complexity index is 811. The van der Waals surface area contributed by atoms with E-state index in [0.29, 0.717) is 12.7 Å². The molecule has 2 saturated heterocycles. The maximum atomic E-state index is 12.8. The highest BCUT2D eigenvalue weighted by Crippen LogP contribution is 2.41. The van der Waals surface area contributed by atoms with Crippen LogP contribution in [0.5, 0.6) is 0 Å². The third-order valence-electron chi connectivity index (χ3n) is 6.57. The normalized spacial score (nSPS) is 24.7. The number of fused-ring (bicyclic) bond motifs is 1. The average molecular weight is 347 g/mol. The molecule has 0 bridgehead atoms. The summed E-state index contributed by atoms with van der Waals surface area (Å²) < 4.78 is 0. The van der Waals surface area contributed by atoms with Crippen molar-refractivity contribution >= 4 is 11.6 Å². The number of hydrogen-bond acceptors (Lipinski definition) is 3. The van der Waals surface area contributed by atoms with E-state index in [2.05, 4.69) is 63.6 Å². The molecule has 1 atom stereocenters. The first-order valence-corrected chi connectivity index (χ1v) is 9.71. The van der Waals surface area contributed by atoms with E-state index in [4.69, 9.17) is 0 Å². The quantitative estimate of drug-likeness (QED) is 0.907. The van der Waals surface area contributed by atoms with Crippen molar-refractivity contribution in [3.05, 3.63) is 65.7 Å². The summed E-state index contributed by atoms with van der Waals surface area (Å²) in [6, 6.07) is 19.7. The lowest BCUT2D eigenvalue weighted by molar-refractivity contribution is -0.125. The summed E-state index contributed by atoms with van der Waals surface area (Å²) in [4.78, 5) is 17.7. The molecule has 0 aromatic heterocycles. The SMILES string of the molecule is O=C1NCN(c2ccccc2)C12CCN([C@@H]1CCc3ccccc31)CC2. The second-order valence-electron chi connectivity index (χ2n) is 7.75. The summed E-state index contributed by atoms with van der Waals surface area (Å²) >= 11 is 0. The molecule has 0 saturated carbocycles. The van der Waals surface area contributed by atoms with Crippen molar-refractivity contribution in [2.75, 3.05) is 24.7 Å². The molecule has 3 aliphatic rings. The maximum Gasteiger partial charge on any atom is 0.247 e. The Morgan fingerprint density at radius 3 is 2.50 bits per heavy atom. The molecule has 1 N–H and O–H groups in total. The third kappa shape index (κ3) is 2.36. The Morgan fingerprint density at radius 1 is 0.962 bits per heavy atom. The molecule has 0 unspecified atom stereocenters. The van der Waals surface area contributed by atoms with Gasteiger partial charge < -0.3 is 10.2 Å². The lowest BCUT2D eigenvalue weighted by Gasteiger charge is -2.45. The van der Waals surface area contributed by atoms with Crippen LogP contribution in [0.4, 0.5) is 5.69 Å². The summed E-state index contributed by atoms with van der Waals surface area (Å²) in [6.45, 7) is 2.58. The predicted octanol–water partition coefficient (Wildman–Crippen LogP) is 3.10. The monoisotopic (exact) mass is 347 g/mol. The molecule has 4 heteroatoms. The molecule has 2 aromatic carbocycles. The fraction of sp³-hybridized carbons (Fsp3) is 0.409. The molecule has 1 amide bonds. The van der Waals surface area contributed by atoms with Crippen LogP contribution in [0.2, 0.25) is 0 Å². The van der Waals surface area contributed by atoms with E-state index in [-0.39, 0.29) is 11.4 Å². The Hall–Kier alpha value is -2.33. The summed E-state index contributed by atoms with van der Waals surface area (Å²) in [5.41, 5.74) is 3.77. The van der Waals surface area contributed by atoms with Crippen molar-refractivity contribution in [2.24, 2.45) is 0 Å². The summed E-state index contributed by atoms with van der Waals surface area (Å²) in [5, 5.41) is 3.10. The van der Waals surface area contributed by atoms with Crippen LogP contribution >= 0.6 is 0 Å². The Balaban J connectivity index is 1.37. The van der Waals surface area contributed by atoms with Gasteiger partial charge in [0.2, 0.25) is 5.91 Å². The van der Waals surface area contributed by atoms with Crippen LogP contribution in [0.3, 0.4) is 0 Å². The molecule has 5 rings (SSSR count). The Kier molecular flexibility index (Phi) is 3.75. The Labute approximate surface area is 154 Å². The first kappa shape index (κ1) is 15.9. The molecule has 0 radical (unpaired) electrons. The number of aryl methyl sites for hydroxylation is 1. The molecule has 26 heavy (non-hydrogen) atoms. The van der Waals surface area contributed by atoms with Gasteiger partial charge >= 0.3 is 0 Å². The van der Waals surface area contributed by atoms with E-state index < -0.39 is 0 Å². The molecule has 1 aliphatic carbocycles. The molecular formula is C22H25N3O. The van der Waals surface area contributed by atoms with Gasteiger partial charge in [0.25, 0.3) is 0 Å². The highest BCUT2D eigenvalue weighted by molar-refractivity contribution is 5.93. The van der Waals surface area contributed by atoms with Crippen LogP contribution in [-0.2, 0) is 11.2 Å². The molecule has 1 spiro atoms. The number of carbonyl (C=O) groups is 1. The topological polar surface area (TPSA) is 35.6 Å². The van der Waals surface area contributed by atoms with Crippen molar-refractivity contribution in [3.8, 4) is 0 Å². The molecule has 2 aromatic rings. The van der Waals surface area contributed by atoms with Gasteiger partial charge in [0.05, 0.1) is 6.67 Å². The highest BCUT2D eigenvalue weighted by atomic mass is 16.2. The fourth-order valence-corrected chi connectivity index (χ4v) is 5.15. The molecule has 2 fully saturated rings. The number of amides is 1. The van der Waals surface area contributed by atoms with Crippen molar-refractivity contribution in [1.29, 1.82) is 0 Å². The third-order valence-corrected chi connectivity index (χ3v) is 6.57. The average Bonchev–Trinajstić information content (AvgIpc) is 3.26. The number of para-hydroxylation sites is 1. The molecule has 2 aliphatic heterocycles. The molecular weight excluding hydrogens is 322 g/mol. The lowest BCUT2D eigenvalue weighted by atomic mass is 9.84. The number of anilines is 1. The van der Waals surface area contributed by atoms with Gasteiger partial charge in [0, 0.05) is 24.8 Å². The molecule has 2 heterocycles. The van der Waals surface area contributed by atoms with Gasteiger partial charge in [-0.2, -0.15) is 0 Å². The minimum absolute atomic E-state index is 0.202. The van der Waals surface area contributed by atoms with E-state index in [1.54, 1.807) is 0 Å². The number of nitrogens with zero attached hydrogens (tertiary/aromatic N) is 2. The van der Waals surface area contributed by atoms with Crippen LogP contribution in [0, 0.1) is 0 Å². The van der Waals surface area contributed by atoms with Crippen LogP contribution in [0.15, 0.2) is 54.6 Å². The number of piperidine rings is 1. The zero-order valence-corrected chi connectivity index (χ0v) is 15.0. The van der Waals surface area contributed by atoms with Gasteiger partial charge in [-0.1, -0.05) is 42.5 Å². The summed E-state index contributed by atoms with van der Waals surface area (Å²) in [5.74, 6) is 0.202. The first-order valence-electron chi connectivity index (χ1n) is 9.71. The van der Waals surface area contributed by atoms with E-state index in [1.165, 1.54) is 24.0 Å². The number of likely N-dealkylation sites (tertiary alicyclic amines) is 1. The zero-order valence-electron chi connectivity index (χ0n) is 15.0. The van der Waals surface area contributed by atoms with Gasteiger partial charge in [-0.05, 0) is 48.9 Å². The number of hydrogen-bond donors (Lipinski definition) is 1.